The highest BCUT2D eigenvalue weighted by Gasteiger charge is 2.28. The highest BCUT2D eigenvalue weighted by molar-refractivity contribution is 9.10. The molecule has 1 saturated heterocycles. The molecule has 0 bridgehead atoms. The number of hydrogen-bond donors (Lipinski definition) is 0. The maximum absolute atomic E-state index is 13.2. The molecule has 1 aliphatic rings. The minimum absolute atomic E-state index is 0.185. The summed E-state index contributed by atoms with van der Waals surface area (Å²) in [6.45, 7) is 5.46. The Hall–Kier alpha value is -0.410. The van der Waals surface area contributed by atoms with Gasteiger partial charge in [0.15, 0.2) is 0 Å². The number of likely N-dealkylation sites (tertiary alicyclic amines) is 1. The summed E-state index contributed by atoms with van der Waals surface area (Å²) in [7, 11) is 0. The van der Waals surface area contributed by atoms with Crippen LogP contribution in [0.4, 0.5) is 4.39 Å². The minimum atomic E-state index is -0.185. The normalized spacial score (nSPS) is 25.4. The first-order chi connectivity index (χ1) is 8.11. The summed E-state index contributed by atoms with van der Waals surface area (Å²) in [6, 6.07) is 6.66. The van der Waals surface area contributed by atoms with E-state index >= 15 is 0 Å². The number of halogens is 2. The first-order valence-electron chi connectivity index (χ1n) is 6.31. The van der Waals surface area contributed by atoms with Crippen molar-refractivity contribution in [3.63, 3.8) is 0 Å². The van der Waals surface area contributed by atoms with Crippen LogP contribution in [0.25, 0.3) is 0 Å². The maximum Gasteiger partial charge on any atom is 0.137 e. The second kappa shape index (κ2) is 5.49. The Labute approximate surface area is 111 Å². The average Bonchev–Trinajstić information content (AvgIpc) is 2.65. The SMILES string of the molecule is CCC1CCC(C)N1Cc1ccc(F)c(Br)c1. The van der Waals surface area contributed by atoms with Crippen molar-refractivity contribution < 1.29 is 4.39 Å². The molecule has 1 aromatic carbocycles. The molecule has 0 aromatic heterocycles. The Kier molecular flexibility index (Phi) is 4.21. The highest BCUT2D eigenvalue weighted by atomic mass is 79.9. The third kappa shape index (κ3) is 2.89. The molecule has 94 valence electrons. The highest BCUT2D eigenvalue weighted by Crippen LogP contribution is 2.28. The molecule has 2 atom stereocenters. The molecule has 3 heteroatoms. The van der Waals surface area contributed by atoms with Gasteiger partial charge < -0.3 is 0 Å². The zero-order chi connectivity index (χ0) is 12.4. The van der Waals surface area contributed by atoms with Crippen molar-refractivity contribution in [2.75, 3.05) is 0 Å². The number of rotatable bonds is 3. The monoisotopic (exact) mass is 299 g/mol. The topological polar surface area (TPSA) is 3.24 Å². The number of nitrogens with zero attached hydrogens (tertiary/aromatic N) is 1. The molecule has 1 aliphatic heterocycles. The van der Waals surface area contributed by atoms with Crippen LogP contribution in [0.5, 0.6) is 0 Å². The van der Waals surface area contributed by atoms with Crippen molar-refractivity contribution in [1.82, 2.24) is 4.90 Å². The second-order valence-corrected chi connectivity index (χ2v) is 5.76. The van der Waals surface area contributed by atoms with Crippen LogP contribution in [0.1, 0.15) is 38.7 Å². The van der Waals surface area contributed by atoms with E-state index in [1.165, 1.54) is 24.8 Å². The van der Waals surface area contributed by atoms with Gasteiger partial charge in [0, 0.05) is 18.6 Å². The van der Waals surface area contributed by atoms with E-state index in [9.17, 15) is 4.39 Å². The standard InChI is InChI=1S/C14H19BrFN/c1-3-12-6-4-10(2)17(12)9-11-5-7-14(16)13(15)8-11/h5,7-8,10,12H,3-4,6,9H2,1-2H3. The van der Waals surface area contributed by atoms with Crippen LogP contribution in [0.2, 0.25) is 0 Å². The van der Waals surface area contributed by atoms with E-state index in [0.717, 1.165) is 6.54 Å². The fourth-order valence-electron chi connectivity index (χ4n) is 2.70. The van der Waals surface area contributed by atoms with Gasteiger partial charge in [0.1, 0.15) is 5.82 Å². The van der Waals surface area contributed by atoms with Crippen molar-refractivity contribution in [3.8, 4) is 0 Å². The van der Waals surface area contributed by atoms with Gasteiger partial charge in [-0.25, -0.2) is 4.39 Å². The Bertz CT molecular complexity index is 394. The van der Waals surface area contributed by atoms with E-state index in [4.69, 9.17) is 0 Å². The van der Waals surface area contributed by atoms with Gasteiger partial charge in [0.25, 0.3) is 0 Å². The Morgan fingerprint density at radius 1 is 1.41 bits per heavy atom. The molecule has 0 radical (unpaired) electrons. The third-order valence-corrected chi connectivity index (χ3v) is 4.38. The summed E-state index contributed by atoms with van der Waals surface area (Å²) >= 11 is 3.25. The lowest BCUT2D eigenvalue weighted by Gasteiger charge is -2.27. The van der Waals surface area contributed by atoms with Crippen molar-refractivity contribution in [1.29, 1.82) is 0 Å². The molecular formula is C14H19BrFN. The van der Waals surface area contributed by atoms with Gasteiger partial charge >= 0.3 is 0 Å². The van der Waals surface area contributed by atoms with Gasteiger partial charge in [-0.3, -0.25) is 4.90 Å². The van der Waals surface area contributed by atoms with Gasteiger partial charge in [-0.1, -0.05) is 13.0 Å². The number of benzene rings is 1. The second-order valence-electron chi connectivity index (χ2n) is 4.91. The first-order valence-corrected chi connectivity index (χ1v) is 7.10. The van der Waals surface area contributed by atoms with Crippen LogP contribution < -0.4 is 0 Å². The van der Waals surface area contributed by atoms with E-state index in [1.54, 1.807) is 6.07 Å². The smallest absolute Gasteiger partial charge is 0.137 e. The molecule has 2 rings (SSSR count). The van der Waals surface area contributed by atoms with Gasteiger partial charge in [-0.2, -0.15) is 0 Å². The van der Waals surface area contributed by atoms with Crippen LogP contribution in [-0.4, -0.2) is 17.0 Å². The summed E-state index contributed by atoms with van der Waals surface area (Å²) in [4.78, 5) is 2.54. The molecule has 0 aliphatic carbocycles. The Morgan fingerprint density at radius 3 is 2.82 bits per heavy atom. The molecule has 0 amide bonds. The van der Waals surface area contributed by atoms with Gasteiger partial charge in [-0.15, -0.1) is 0 Å². The van der Waals surface area contributed by atoms with Crippen molar-refractivity contribution >= 4 is 15.9 Å². The van der Waals surface area contributed by atoms with Crippen LogP contribution >= 0.6 is 15.9 Å². The quantitative estimate of drug-likeness (QED) is 0.802. The molecule has 17 heavy (non-hydrogen) atoms. The lowest BCUT2D eigenvalue weighted by Crippen LogP contribution is -2.33. The minimum Gasteiger partial charge on any atom is -0.293 e. The van der Waals surface area contributed by atoms with E-state index in [1.807, 2.05) is 12.1 Å². The van der Waals surface area contributed by atoms with E-state index in [-0.39, 0.29) is 5.82 Å². The molecular weight excluding hydrogens is 281 g/mol. The van der Waals surface area contributed by atoms with Crippen molar-refractivity contribution in [2.24, 2.45) is 0 Å². The van der Waals surface area contributed by atoms with Gasteiger partial charge in [-0.05, 0) is 59.8 Å². The summed E-state index contributed by atoms with van der Waals surface area (Å²) in [5.41, 5.74) is 1.19. The predicted octanol–water partition coefficient (Wildman–Crippen LogP) is 4.35. The van der Waals surface area contributed by atoms with Crippen molar-refractivity contribution in [2.45, 2.75) is 51.7 Å². The Morgan fingerprint density at radius 2 is 2.18 bits per heavy atom. The summed E-state index contributed by atoms with van der Waals surface area (Å²) in [5, 5.41) is 0. The molecule has 0 N–H and O–H groups in total. The number of hydrogen-bond acceptors (Lipinski definition) is 1. The zero-order valence-electron chi connectivity index (χ0n) is 10.4. The molecule has 1 nitrogen and oxygen atoms in total. The van der Waals surface area contributed by atoms with Crippen LogP contribution in [0.3, 0.4) is 0 Å². The maximum atomic E-state index is 13.2. The fraction of sp³-hybridized carbons (Fsp3) is 0.571. The lowest BCUT2D eigenvalue weighted by molar-refractivity contribution is 0.189. The van der Waals surface area contributed by atoms with E-state index in [0.29, 0.717) is 16.6 Å². The molecule has 1 aromatic rings. The molecule has 2 unspecified atom stereocenters. The van der Waals surface area contributed by atoms with E-state index in [2.05, 4.69) is 34.7 Å². The first kappa shape index (κ1) is 13.0. The largest absolute Gasteiger partial charge is 0.293 e. The predicted molar refractivity (Wildman–Crippen MR) is 72.4 cm³/mol. The van der Waals surface area contributed by atoms with Crippen LogP contribution in [0, 0.1) is 5.82 Å². The Balaban J connectivity index is 2.11. The van der Waals surface area contributed by atoms with Crippen LogP contribution in [0.15, 0.2) is 22.7 Å². The average molecular weight is 300 g/mol. The van der Waals surface area contributed by atoms with Crippen molar-refractivity contribution in [3.05, 3.63) is 34.1 Å². The summed E-state index contributed by atoms with van der Waals surface area (Å²) in [5.74, 6) is -0.185. The molecule has 1 heterocycles. The summed E-state index contributed by atoms with van der Waals surface area (Å²) < 4.78 is 13.7. The lowest BCUT2D eigenvalue weighted by atomic mass is 10.1. The van der Waals surface area contributed by atoms with Crippen LogP contribution in [-0.2, 0) is 6.54 Å². The molecule has 0 spiro atoms. The summed E-state index contributed by atoms with van der Waals surface area (Å²) in [6.07, 6.45) is 3.77. The van der Waals surface area contributed by atoms with Gasteiger partial charge in [0.05, 0.1) is 4.47 Å². The fourth-order valence-corrected chi connectivity index (χ4v) is 3.12. The molecule has 1 fully saturated rings. The third-order valence-electron chi connectivity index (χ3n) is 3.77. The zero-order valence-corrected chi connectivity index (χ0v) is 12.0. The van der Waals surface area contributed by atoms with Gasteiger partial charge in [0.2, 0.25) is 0 Å². The molecule has 0 saturated carbocycles. The van der Waals surface area contributed by atoms with E-state index < -0.39 is 0 Å².